The summed E-state index contributed by atoms with van der Waals surface area (Å²) >= 11 is 3.50. The van der Waals surface area contributed by atoms with Crippen molar-refractivity contribution in [3.05, 3.63) is 34.2 Å². The van der Waals surface area contributed by atoms with Crippen LogP contribution in [0.25, 0.3) is 5.65 Å². The van der Waals surface area contributed by atoms with Crippen LogP contribution in [0.3, 0.4) is 0 Å². The van der Waals surface area contributed by atoms with Crippen molar-refractivity contribution in [3.63, 3.8) is 0 Å². The fraction of sp³-hybridized carbons (Fsp3) is 0.385. The van der Waals surface area contributed by atoms with Crippen LogP contribution in [0.5, 0.6) is 0 Å². The zero-order chi connectivity index (χ0) is 13.4. The van der Waals surface area contributed by atoms with Gasteiger partial charge in [-0.1, -0.05) is 0 Å². The molecule has 0 aliphatic carbocycles. The first kappa shape index (κ1) is 12.5. The molecule has 0 saturated heterocycles. The SMILES string of the molecule is Cc1cc(Br)cn2cc(CNC3=NCCN3C)nc12. The number of aliphatic imine (C=N–C) groups is 1. The number of guanidine groups is 1. The van der Waals surface area contributed by atoms with Gasteiger partial charge in [0.25, 0.3) is 0 Å². The van der Waals surface area contributed by atoms with E-state index in [2.05, 4.69) is 59.7 Å². The Morgan fingerprint density at radius 3 is 3.00 bits per heavy atom. The maximum absolute atomic E-state index is 4.65. The maximum Gasteiger partial charge on any atom is 0.194 e. The summed E-state index contributed by atoms with van der Waals surface area (Å²) in [6.07, 6.45) is 4.08. The zero-order valence-electron chi connectivity index (χ0n) is 11.0. The van der Waals surface area contributed by atoms with Crippen molar-refractivity contribution < 1.29 is 0 Å². The highest BCUT2D eigenvalue weighted by Crippen LogP contribution is 2.17. The number of pyridine rings is 1. The minimum absolute atomic E-state index is 0.696. The number of aryl methyl sites for hydroxylation is 1. The van der Waals surface area contributed by atoms with Gasteiger partial charge in [0.05, 0.1) is 18.8 Å². The van der Waals surface area contributed by atoms with E-state index in [0.717, 1.165) is 40.4 Å². The average molecular weight is 322 g/mol. The highest BCUT2D eigenvalue weighted by molar-refractivity contribution is 9.10. The van der Waals surface area contributed by atoms with Gasteiger partial charge in [-0.05, 0) is 34.5 Å². The van der Waals surface area contributed by atoms with Gasteiger partial charge in [-0.15, -0.1) is 0 Å². The molecule has 19 heavy (non-hydrogen) atoms. The van der Waals surface area contributed by atoms with Crippen LogP contribution in [-0.4, -0.2) is 40.4 Å². The molecule has 3 heterocycles. The second-order valence-corrected chi connectivity index (χ2v) is 5.70. The van der Waals surface area contributed by atoms with Crippen molar-refractivity contribution in [2.45, 2.75) is 13.5 Å². The molecule has 6 heteroatoms. The van der Waals surface area contributed by atoms with Gasteiger partial charge in [-0.25, -0.2) is 4.98 Å². The Morgan fingerprint density at radius 2 is 2.26 bits per heavy atom. The van der Waals surface area contributed by atoms with Gasteiger partial charge < -0.3 is 14.6 Å². The lowest BCUT2D eigenvalue weighted by atomic mass is 10.3. The number of likely N-dealkylation sites (N-methyl/N-ethyl adjacent to an activating group) is 1. The van der Waals surface area contributed by atoms with Gasteiger partial charge in [0.15, 0.2) is 5.96 Å². The number of rotatable bonds is 2. The molecular formula is C13H16BrN5. The predicted molar refractivity (Wildman–Crippen MR) is 79.4 cm³/mol. The monoisotopic (exact) mass is 321 g/mol. The number of fused-ring (bicyclic) bond motifs is 1. The molecule has 1 N–H and O–H groups in total. The molecule has 0 fully saturated rings. The number of nitrogens with one attached hydrogen (secondary N) is 1. The normalized spacial score (nSPS) is 15.1. The summed E-state index contributed by atoms with van der Waals surface area (Å²) in [5.74, 6) is 0.954. The minimum Gasteiger partial charge on any atom is -0.351 e. The molecule has 1 aliphatic heterocycles. The summed E-state index contributed by atoms with van der Waals surface area (Å²) in [4.78, 5) is 11.2. The van der Waals surface area contributed by atoms with Gasteiger partial charge in [0.2, 0.25) is 0 Å². The van der Waals surface area contributed by atoms with Crippen molar-refractivity contribution >= 4 is 27.5 Å². The summed E-state index contributed by atoms with van der Waals surface area (Å²) in [5.41, 5.74) is 3.18. The second-order valence-electron chi connectivity index (χ2n) is 4.78. The fourth-order valence-electron chi connectivity index (χ4n) is 2.25. The lowest BCUT2D eigenvalue weighted by Crippen LogP contribution is -2.35. The van der Waals surface area contributed by atoms with Crippen LogP contribution in [-0.2, 0) is 6.54 Å². The number of aromatic nitrogens is 2. The van der Waals surface area contributed by atoms with Crippen LogP contribution in [0.1, 0.15) is 11.3 Å². The van der Waals surface area contributed by atoms with Crippen molar-refractivity contribution in [3.8, 4) is 0 Å². The van der Waals surface area contributed by atoms with E-state index in [4.69, 9.17) is 0 Å². The van der Waals surface area contributed by atoms with Gasteiger partial charge in [0.1, 0.15) is 5.65 Å². The molecule has 0 spiro atoms. The van der Waals surface area contributed by atoms with E-state index < -0.39 is 0 Å². The highest BCUT2D eigenvalue weighted by atomic mass is 79.9. The molecule has 100 valence electrons. The van der Waals surface area contributed by atoms with E-state index >= 15 is 0 Å². The summed E-state index contributed by atoms with van der Waals surface area (Å²) in [6.45, 7) is 4.62. The lowest BCUT2D eigenvalue weighted by molar-refractivity contribution is 0.533. The smallest absolute Gasteiger partial charge is 0.194 e. The van der Waals surface area contributed by atoms with Crippen LogP contribution in [0.4, 0.5) is 0 Å². The van der Waals surface area contributed by atoms with Crippen LogP contribution in [0.2, 0.25) is 0 Å². The van der Waals surface area contributed by atoms with E-state index in [0.29, 0.717) is 6.54 Å². The molecule has 2 aromatic rings. The third kappa shape index (κ3) is 2.45. The summed E-state index contributed by atoms with van der Waals surface area (Å²) < 4.78 is 3.12. The fourth-order valence-corrected chi connectivity index (χ4v) is 2.82. The van der Waals surface area contributed by atoms with E-state index in [1.54, 1.807) is 0 Å². The number of hydrogen-bond donors (Lipinski definition) is 1. The highest BCUT2D eigenvalue weighted by Gasteiger charge is 2.12. The van der Waals surface area contributed by atoms with Crippen molar-refractivity contribution in [1.82, 2.24) is 19.6 Å². The Kier molecular flexibility index (Phi) is 3.18. The Hall–Kier alpha value is -1.56. The third-order valence-corrected chi connectivity index (χ3v) is 3.67. The van der Waals surface area contributed by atoms with Crippen molar-refractivity contribution in [2.75, 3.05) is 20.1 Å². The van der Waals surface area contributed by atoms with Crippen molar-refractivity contribution in [1.29, 1.82) is 0 Å². The van der Waals surface area contributed by atoms with Crippen LogP contribution in [0.15, 0.2) is 27.9 Å². The van der Waals surface area contributed by atoms with Crippen LogP contribution in [0, 0.1) is 6.92 Å². The molecule has 0 amide bonds. The first-order valence-electron chi connectivity index (χ1n) is 6.26. The average Bonchev–Trinajstić information content (AvgIpc) is 2.92. The summed E-state index contributed by atoms with van der Waals surface area (Å²) in [6, 6.07) is 2.08. The second kappa shape index (κ2) is 4.85. The predicted octanol–water partition coefficient (Wildman–Crippen LogP) is 1.80. The summed E-state index contributed by atoms with van der Waals surface area (Å²) in [7, 11) is 2.05. The third-order valence-electron chi connectivity index (χ3n) is 3.24. The molecule has 0 unspecified atom stereocenters. The Morgan fingerprint density at radius 1 is 1.42 bits per heavy atom. The standard InChI is InChI=1S/C13H16BrN5/c1-9-5-10(14)7-19-8-11(17-12(9)19)6-16-13-15-3-4-18(13)2/h5,7-8H,3-4,6H2,1-2H3,(H,15,16). The lowest BCUT2D eigenvalue weighted by Gasteiger charge is -2.14. The zero-order valence-corrected chi connectivity index (χ0v) is 12.6. The van der Waals surface area contributed by atoms with Crippen LogP contribution >= 0.6 is 15.9 Å². The van der Waals surface area contributed by atoms with Gasteiger partial charge >= 0.3 is 0 Å². The largest absolute Gasteiger partial charge is 0.351 e. The molecule has 3 rings (SSSR count). The quantitative estimate of drug-likeness (QED) is 0.917. The van der Waals surface area contributed by atoms with Crippen molar-refractivity contribution in [2.24, 2.45) is 4.99 Å². The Bertz CT molecular complexity index is 646. The first-order valence-corrected chi connectivity index (χ1v) is 7.06. The van der Waals surface area contributed by atoms with Gasteiger partial charge in [0, 0.05) is 30.5 Å². The molecule has 0 bridgehead atoms. The molecular weight excluding hydrogens is 306 g/mol. The molecule has 0 radical (unpaired) electrons. The molecule has 1 aliphatic rings. The number of nitrogens with zero attached hydrogens (tertiary/aromatic N) is 4. The Labute approximate surface area is 120 Å². The molecule has 0 atom stereocenters. The minimum atomic E-state index is 0.696. The number of imidazole rings is 1. The maximum atomic E-state index is 4.65. The van der Waals surface area contributed by atoms with Crippen LogP contribution < -0.4 is 5.32 Å². The topological polar surface area (TPSA) is 44.9 Å². The first-order chi connectivity index (χ1) is 9.13. The van der Waals surface area contributed by atoms with E-state index in [1.165, 1.54) is 0 Å². The van der Waals surface area contributed by atoms with E-state index in [1.807, 2.05) is 13.2 Å². The number of hydrogen-bond acceptors (Lipinski definition) is 4. The van der Waals surface area contributed by atoms with E-state index in [-0.39, 0.29) is 0 Å². The summed E-state index contributed by atoms with van der Waals surface area (Å²) in [5, 5.41) is 3.33. The molecule has 0 saturated carbocycles. The molecule has 5 nitrogen and oxygen atoms in total. The molecule has 2 aromatic heterocycles. The molecule has 0 aromatic carbocycles. The number of halogens is 1. The Balaban J connectivity index is 1.80. The van der Waals surface area contributed by atoms with Gasteiger partial charge in [-0.3, -0.25) is 4.99 Å². The van der Waals surface area contributed by atoms with Gasteiger partial charge in [-0.2, -0.15) is 0 Å². The van der Waals surface area contributed by atoms with E-state index in [9.17, 15) is 0 Å².